The summed E-state index contributed by atoms with van der Waals surface area (Å²) < 4.78 is 0. The Kier molecular flexibility index (Phi) is 4.89. The molecule has 0 aromatic carbocycles. The minimum absolute atomic E-state index is 0.121. The molecule has 3 nitrogen and oxygen atoms in total. The third-order valence-electron chi connectivity index (χ3n) is 3.26. The quantitative estimate of drug-likeness (QED) is 0.818. The Bertz CT molecular complexity index is 603. The van der Waals surface area contributed by atoms with Crippen molar-refractivity contribution >= 4 is 28.8 Å². The molecule has 21 heavy (non-hydrogen) atoms. The van der Waals surface area contributed by atoms with E-state index in [1.807, 2.05) is 6.92 Å². The van der Waals surface area contributed by atoms with Gasteiger partial charge in [-0.25, -0.2) is 9.97 Å². The van der Waals surface area contributed by atoms with Gasteiger partial charge in [-0.1, -0.05) is 32.4 Å². The summed E-state index contributed by atoms with van der Waals surface area (Å²) in [6, 6.07) is 2.44. The number of rotatable bonds is 4. The standard InChI is InChI=1S/C16H22ClN3S/c1-10(8-12-6-7-21-9-12)18-14-11(2)13(17)19-15(20-14)16(3,4)5/h6-7,9-10H,8H2,1-5H3,(H,18,19,20). The van der Waals surface area contributed by atoms with Gasteiger partial charge in [0.25, 0.3) is 0 Å². The number of nitrogens with zero attached hydrogens (tertiary/aromatic N) is 2. The van der Waals surface area contributed by atoms with Crippen molar-refractivity contribution in [3.05, 3.63) is 38.9 Å². The van der Waals surface area contributed by atoms with Crippen molar-refractivity contribution in [1.82, 2.24) is 9.97 Å². The van der Waals surface area contributed by atoms with Crippen LogP contribution in [0.1, 0.15) is 44.6 Å². The normalized spacial score (nSPS) is 13.2. The van der Waals surface area contributed by atoms with Gasteiger partial charge in [-0.3, -0.25) is 0 Å². The molecule has 0 saturated carbocycles. The lowest BCUT2D eigenvalue weighted by molar-refractivity contribution is 0.544. The van der Waals surface area contributed by atoms with Crippen molar-refractivity contribution in [3.8, 4) is 0 Å². The SMILES string of the molecule is Cc1c(Cl)nc(C(C)(C)C)nc1NC(C)Cc1ccsc1. The zero-order chi connectivity index (χ0) is 15.6. The lowest BCUT2D eigenvalue weighted by Crippen LogP contribution is -2.23. The van der Waals surface area contributed by atoms with Crippen LogP contribution in [0, 0.1) is 6.92 Å². The van der Waals surface area contributed by atoms with Crippen molar-refractivity contribution in [2.24, 2.45) is 0 Å². The second kappa shape index (κ2) is 6.32. The van der Waals surface area contributed by atoms with E-state index < -0.39 is 0 Å². The summed E-state index contributed by atoms with van der Waals surface area (Å²) in [5, 5.41) is 8.28. The Morgan fingerprint density at radius 3 is 2.62 bits per heavy atom. The molecule has 1 N–H and O–H groups in total. The first kappa shape index (κ1) is 16.2. The number of thiophene rings is 1. The van der Waals surface area contributed by atoms with Crippen LogP contribution in [0.5, 0.6) is 0 Å². The van der Waals surface area contributed by atoms with Crippen molar-refractivity contribution < 1.29 is 0 Å². The molecule has 2 heterocycles. The van der Waals surface area contributed by atoms with E-state index in [9.17, 15) is 0 Å². The number of halogens is 1. The predicted molar refractivity (Wildman–Crippen MR) is 91.6 cm³/mol. The van der Waals surface area contributed by atoms with E-state index in [1.54, 1.807) is 11.3 Å². The van der Waals surface area contributed by atoms with Gasteiger partial charge >= 0.3 is 0 Å². The van der Waals surface area contributed by atoms with E-state index in [2.05, 4.69) is 59.8 Å². The van der Waals surface area contributed by atoms with E-state index >= 15 is 0 Å². The average molecular weight is 324 g/mol. The van der Waals surface area contributed by atoms with Gasteiger partial charge in [0, 0.05) is 17.0 Å². The smallest absolute Gasteiger partial charge is 0.137 e. The fourth-order valence-electron chi connectivity index (χ4n) is 2.01. The molecule has 0 fully saturated rings. The number of hydrogen-bond acceptors (Lipinski definition) is 4. The second-order valence-corrected chi connectivity index (χ2v) is 7.58. The summed E-state index contributed by atoms with van der Waals surface area (Å²) in [5.41, 5.74) is 2.13. The molecular weight excluding hydrogens is 302 g/mol. The molecule has 2 rings (SSSR count). The molecule has 2 aromatic heterocycles. The summed E-state index contributed by atoms with van der Waals surface area (Å²) in [6.45, 7) is 10.4. The molecule has 2 aromatic rings. The first-order chi connectivity index (χ1) is 9.77. The fraction of sp³-hybridized carbons (Fsp3) is 0.500. The van der Waals surface area contributed by atoms with Gasteiger partial charge in [0.15, 0.2) is 0 Å². The second-order valence-electron chi connectivity index (χ2n) is 6.44. The monoisotopic (exact) mass is 323 g/mol. The van der Waals surface area contributed by atoms with Gasteiger partial charge in [0.05, 0.1) is 0 Å². The molecule has 0 bridgehead atoms. The van der Waals surface area contributed by atoms with Gasteiger partial charge in [0.1, 0.15) is 16.8 Å². The van der Waals surface area contributed by atoms with Crippen LogP contribution >= 0.6 is 22.9 Å². The predicted octanol–water partition coefficient (Wildman–Crippen LogP) is 4.84. The van der Waals surface area contributed by atoms with Gasteiger partial charge in [-0.2, -0.15) is 11.3 Å². The highest BCUT2D eigenvalue weighted by Crippen LogP contribution is 2.26. The van der Waals surface area contributed by atoms with Gasteiger partial charge < -0.3 is 5.32 Å². The van der Waals surface area contributed by atoms with Crippen LogP contribution in [-0.4, -0.2) is 16.0 Å². The molecule has 5 heteroatoms. The van der Waals surface area contributed by atoms with E-state index in [-0.39, 0.29) is 11.5 Å². The minimum Gasteiger partial charge on any atom is -0.367 e. The summed E-state index contributed by atoms with van der Waals surface area (Å²) >= 11 is 7.99. The van der Waals surface area contributed by atoms with E-state index in [0.717, 1.165) is 23.6 Å². The number of anilines is 1. The third-order valence-corrected chi connectivity index (χ3v) is 4.36. The lowest BCUT2D eigenvalue weighted by atomic mass is 9.95. The van der Waals surface area contributed by atoms with Crippen molar-refractivity contribution in [2.45, 2.75) is 52.5 Å². The summed E-state index contributed by atoms with van der Waals surface area (Å²) in [5.74, 6) is 1.60. The molecule has 0 aliphatic heterocycles. The van der Waals surface area contributed by atoms with Crippen LogP contribution < -0.4 is 5.32 Å². The Morgan fingerprint density at radius 1 is 1.33 bits per heavy atom. The molecule has 0 spiro atoms. The highest BCUT2D eigenvalue weighted by Gasteiger charge is 2.21. The number of hydrogen-bond donors (Lipinski definition) is 1. The zero-order valence-electron chi connectivity index (χ0n) is 13.2. The molecule has 0 aliphatic carbocycles. The van der Waals surface area contributed by atoms with Crippen LogP contribution in [0.25, 0.3) is 0 Å². The topological polar surface area (TPSA) is 37.8 Å². The zero-order valence-corrected chi connectivity index (χ0v) is 14.8. The molecule has 1 unspecified atom stereocenters. The van der Waals surface area contributed by atoms with Crippen LogP contribution in [0.4, 0.5) is 5.82 Å². The molecular formula is C16H22ClN3S. The highest BCUT2D eigenvalue weighted by atomic mass is 35.5. The molecule has 0 aliphatic rings. The first-order valence-electron chi connectivity index (χ1n) is 7.09. The maximum atomic E-state index is 6.26. The van der Waals surface area contributed by atoms with Gasteiger partial charge in [0.2, 0.25) is 0 Å². The van der Waals surface area contributed by atoms with Crippen LogP contribution in [-0.2, 0) is 11.8 Å². The van der Waals surface area contributed by atoms with Gasteiger partial charge in [-0.15, -0.1) is 0 Å². The summed E-state index contributed by atoms with van der Waals surface area (Å²) in [7, 11) is 0. The Morgan fingerprint density at radius 2 is 2.05 bits per heavy atom. The largest absolute Gasteiger partial charge is 0.367 e. The third kappa shape index (κ3) is 4.17. The Hall–Kier alpha value is -1.13. The molecule has 114 valence electrons. The highest BCUT2D eigenvalue weighted by molar-refractivity contribution is 7.07. The molecule has 0 saturated heterocycles. The first-order valence-corrected chi connectivity index (χ1v) is 8.41. The summed E-state index contributed by atoms with van der Waals surface area (Å²) in [4.78, 5) is 9.07. The maximum absolute atomic E-state index is 6.26. The minimum atomic E-state index is -0.121. The molecule has 0 amide bonds. The molecule has 1 atom stereocenters. The number of nitrogens with one attached hydrogen (secondary N) is 1. The van der Waals surface area contributed by atoms with E-state index in [4.69, 9.17) is 11.6 Å². The van der Waals surface area contributed by atoms with Crippen molar-refractivity contribution in [2.75, 3.05) is 5.32 Å². The lowest BCUT2D eigenvalue weighted by Gasteiger charge is -2.21. The Balaban J connectivity index is 2.20. The maximum Gasteiger partial charge on any atom is 0.137 e. The summed E-state index contributed by atoms with van der Waals surface area (Å²) in [6.07, 6.45) is 0.968. The van der Waals surface area contributed by atoms with E-state index in [1.165, 1.54) is 5.56 Å². The van der Waals surface area contributed by atoms with E-state index in [0.29, 0.717) is 5.15 Å². The molecule has 0 radical (unpaired) electrons. The van der Waals surface area contributed by atoms with Gasteiger partial charge in [-0.05, 0) is 42.7 Å². The van der Waals surface area contributed by atoms with Crippen molar-refractivity contribution in [3.63, 3.8) is 0 Å². The van der Waals surface area contributed by atoms with Crippen LogP contribution in [0.15, 0.2) is 16.8 Å². The van der Waals surface area contributed by atoms with Crippen LogP contribution in [0.3, 0.4) is 0 Å². The van der Waals surface area contributed by atoms with Crippen molar-refractivity contribution in [1.29, 1.82) is 0 Å². The Labute approximate surface area is 135 Å². The fourth-order valence-corrected chi connectivity index (χ4v) is 2.86. The average Bonchev–Trinajstić information content (AvgIpc) is 2.86. The number of aromatic nitrogens is 2. The van der Waals surface area contributed by atoms with Crippen LogP contribution in [0.2, 0.25) is 5.15 Å².